The third-order valence-corrected chi connectivity index (χ3v) is 3.53. The Kier molecular flexibility index (Phi) is 4.75. The van der Waals surface area contributed by atoms with Crippen LogP contribution in [-0.2, 0) is 20.5 Å². The first-order chi connectivity index (χ1) is 9.83. The molecule has 22 heavy (non-hydrogen) atoms. The smallest absolute Gasteiger partial charge is 0.411 e. The highest BCUT2D eigenvalue weighted by atomic mass is 16.6. The first-order valence-corrected chi connectivity index (χ1v) is 7.30. The Morgan fingerprint density at radius 2 is 1.77 bits per heavy atom. The molecule has 1 unspecified atom stereocenters. The van der Waals surface area contributed by atoms with Gasteiger partial charge in [-0.2, -0.15) is 5.10 Å². The van der Waals surface area contributed by atoms with Gasteiger partial charge in [0.25, 0.3) is 0 Å². The van der Waals surface area contributed by atoms with E-state index in [0.29, 0.717) is 5.56 Å². The lowest BCUT2D eigenvalue weighted by atomic mass is 9.82. The maximum atomic E-state index is 12.3. The maximum absolute atomic E-state index is 12.3. The van der Waals surface area contributed by atoms with E-state index in [4.69, 9.17) is 4.74 Å². The molecular formula is C16H27N3O3. The van der Waals surface area contributed by atoms with Crippen LogP contribution in [-0.4, -0.2) is 40.1 Å². The second-order valence-corrected chi connectivity index (χ2v) is 7.71. The molecule has 0 saturated carbocycles. The van der Waals surface area contributed by atoms with Crippen LogP contribution in [0, 0.1) is 0 Å². The lowest BCUT2D eigenvalue weighted by Crippen LogP contribution is -2.49. The van der Waals surface area contributed by atoms with Crippen LogP contribution >= 0.6 is 0 Å². The Balaban J connectivity index is 3.25. The van der Waals surface area contributed by atoms with Crippen molar-refractivity contribution in [2.45, 2.75) is 65.0 Å². The van der Waals surface area contributed by atoms with Gasteiger partial charge in [0.2, 0.25) is 0 Å². The number of hydrogen-bond acceptors (Lipinski definition) is 4. The van der Waals surface area contributed by atoms with Crippen LogP contribution in [0.25, 0.3) is 0 Å². The number of aromatic nitrogens is 2. The lowest BCUT2D eigenvalue weighted by molar-refractivity contribution is -0.117. The van der Waals surface area contributed by atoms with Gasteiger partial charge in [-0.1, -0.05) is 20.8 Å². The molecule has 1 heterocycles. The van der Waals surface area contributed by atoms with E-state index in [1.165, 1.54) is 4.90 Å². The molecule has 124 valence electrons. The molecule has 6 nitrogen and oxygen atoms in total. The molecule has 6 heteroatoms. The van der Waals surface area contributed by atoms with Crippen molar-refractivity contribution in [3.63, 3.8) is 0 Å². The van der Waals surface area contributed by atoms with E-state index in [1.54, 1.807) is 40.9 Å². The van der Waals surface area contributed by atoms with E-state index in [2.05, 4.69) is 10.2 Å². The summed E-state index contributed by atoms with van der Waals surface area (Å²) in [4.78, 5) is 25.5. The molecule has 0 saturated heterocycles. The van der Waals surface area contributed by atoms with Gasteiger partial charge in [-0.3, -0.25) is 10.00 Å². The second kappa shape index (κ2) is 5.74. The molecule has 1 atom stereocenters. The van der Waals surface area contributed by atoms with E-state index >= 15 is 0 Å². The number of aldehydes is 1. The number of carbonyl (C=O) groups excluding carboxylic acids is 2. The first-order valence-electron chi connectivity index (χ1n) is 7.30. The highest BCUT2D eigenvalue weighted by Crippen LogP contribution is 2.34. The standard InChI is InChI=1S/C16H27N3O3/c1-14(2,3)12-11(9-17-18-12)16(7,10-20)19(8)13(21)22-15(4,5)6/h9-10H,1-8H3,(H,17,18). The summed E-state index contributed by atoms with van der Waals surface area (Å²) >= 11 is 0. The topological polar surface area (TPSA) is 75.3 Å². The van der Waals surface area contributed by atoms with Crippen molar-refractivity contribution in [1.82, 2.24) is 15.1 Å². The van der Waals surface area contributed by atoms with Crippen molar-refractivity contribution >= 4 is 12.4 Å². The summed E-state index contributed by atoms with van der Waals surface area (Å²) < 4.78 is 5.37. The van der Waals surface area contributed by atoms with Crippen molar-refractivity contribution in [2.75, 3.05) is 7.05 Å². The molecule has 0 aliphatic heterocycles. The summed E-state index contributed by atoms with van der Waals surface area (Å²) in [6.07, 6.45) is 1.79. The summed E-state index contributed by atoms with van der Waals surface area (Å²) in [6, 6.07) is 0. The molecule has 1 amide bonds. The zero-order valence-electron chi connectivity index (χ0n) is 14.8. The van der Waals surface area contributed by atoms with E-state index in [0.717, 1.165) is 12.0 Å². The number of ether oxygens (including phenoxy) is 1. The number of nitrogens with zero attached hydrogens (tertiary/aromatic N) is 2. The SMILES string of the molecule is CN(C(=O)OC(C)(C)C)C(C)(C=O)c1cn[nH]c1C(C)(C)C. The lowest BCUT2D eigenvalue weighted by Gasteiger charge is -2.36. The number of amides is 1. The largest absolute Gasteiger partial charge is 0.444 e. The summed E-state index contributed by atoms with van der Waals surface area (Å²) in [5, 5.41) is 7.00. The number of H-pyrrole nitrogens is 1. The molecule has 0 aliphatic rings. The molecule has 1 aromatic rings. The molecule has 1 N–H and O–H groups in total. The van der Waals surface area contributed by atoms with Gasteiger partial charge in [-0.25, -0.2) is 4.79 Å². The van der Waals surface area contributed by atoms with Gasteiger partial charge in [-0.15, -0.1) is 0 Å². The van der Waals surface area contributed by atoms with Crippen LogP contribution in [0.2, 0.25) is 0 Å². The quantitative estimate of drug-likeness (QED) is 0.871. The minimum Gasteiger partial charge on any atom is -0.444 e. The average Bonchev–Trinajstić information content (AvgIpc) is 2.84. The van der Waals surface area contributed by atoms with Crippen LogP contribution < -0.4 is 0 Å². The highest BCUT2D eigenvalue weighted by molar-refractivity contribution is 5.78. The predicted octanol–water partition coefficient (Wildman–Crippen LogP) is 2.99. The molecule has 0 spiro atoms. The molecule has 0 fully saturated rings. The van der Waals surface area contributed by atoms with Gasteiger partial charge in [0.05, 0.1) is 6.20 Å². The van der Waals surface area contributed by atoms with Crippen molar-refractivity contribution in [3.8, 4) is 0 Å². The number of carbonyl (C=O) groups is 2. The third kappa shape index (κ3) is 3.67. The zero-order chi connectivity index (χ0) is 17.3. The fourth-order valence-corrected chi connectivity index (χ4v) is 2.08. The minimum absolute atomic E-state index is 0.231. The van der Waals surface area contributed by atoms with Gasteiger partial charge < -0.3 is 9.53 Å². The van der Waals surface area contributed by atoms with Gasteiger partial charge in [0, 0.05) is 23.7 Å². The van der Waals surface area contributed by atoms with Crippen molar-refractivity contribution in [2.24, 2.45) is 0 Å². The van der Waals surface area contributed by atoms with Gasteiger partial charge in [0.15, 0.2) is 0 Å². The second-order valence-electron chi connectivity index (χ2n) is 7.71. The maximum Gasteiger partial charge on any atom is 0.411 e. The normalized spacial score (nSPS) is 15.1. The van der Waals surface area contributed by atoms with Crippen LogP contribution in [0.15, 0.2) is 6.20 Å². The Hall–Kier alpha value is -1.85. The molecule has 1 rings (SSSR count). The molecule has 1 aromatic heterocycles. The number of likely N-dealkylation sites (N-methyl/N-ethyl adjacent to an activating group) is 1. The van der Waals surface area contributed by atoms with Crippen LogP contribution in [0.5, 0.6) is 0 Å². The zero-order valence-corrected chi connectivity index (χ0v) is 14.8. The monoisotopic (exact) mass is 309 g/mol. The van der Waals surface area contributed by atoms with Gasteiger partial charge in [0.1, 0.15) is 17.4 Å². The van der Waals surface area contributed by atoms with Gasteiger partial charge in [-0.05, 0) is 27.7 Å². The summed E-state index contributed by atoms with van der Waals surface area (Å²) in [7, 11) is 1.56. The molecule has 0 aliphatic carbocycles. The number of rotatable bonds is 3. The van der Waals surface area contributed by atoms with Crippen LogP contribution in [0.4, 0.5) is 4.79 Å². The van der Waals surface area contributed by atoms with Crippen molar-refractivity contribution < 1.29 is 14.3 Å². The Morgan fingerprint density at radius 3 is 2.18 bits per heavy atom. The summed E-state index contributed by atoms with van der Waals surface area (Å²) in [6.45, 7) is 13.1. The highest BCUT2D eigenvalue weighted by Gasteiger charge is 2.41. The van der Waals surface area contributed by atoms with E-state index < -0.39 is 17.2 Å². The number of aromatic amines is 1. The van der Waals surface area contributed by atoms with Gasteiger partial charge >= 0.3 is 6.09 Å². The summed E-state index contributed by atoms with van der Waals surface area (Å²) in [5.41, 5.74) is -0.526. The minimum atomic E-state index is -1.15. The van der Waals surface area contributed by atoms with Crippen molar-refractivity contribution in [3.05, 3.63) is 17.5 Å². The molecular weight excluding hydrogens is 282 g/mol. The van der Waals surface area contributed by atoms with E-state index in [-0.39, 0.29) is 5.41 Å². The number of hydrogen-bond donors (Lipinski definition) is 1. The fourth-order valence-electron chi connectivity index (χ4n) is 2.08. The Bertz CT molecular complexity index is 552. The fraction of sp³-hybridized carbons (Fsp3) is 0.688. The Morgan fingerprint density at radius 1 is 1.23 bits per heavy atom. The van der Waals surface area contributed by atoms with E-state index in [1.807, 2.05) is 20.8 Å². The molecule has 0 bridgehead atoms. The first kappa shape index (κ1) is 18.2. The third-order valence-electron chi connectivity index (χ3n) is 3.53. The van der Waals surface area contributed by atoms with Crippen molar-refractivity contribution in [1.29, 1.82) is 0 Å². The van der Waals surface area contributed by atoms with Crippen LogP contribution in [0.3, 0.4) is 0 Å². The van der Waals surface area contributed by atoms with Crippen LogP contribution in [0.1, 0.15) is 59.7 Å². The number of nitrogens with one attached hydrogen (secondary N) is 1. The van der Waals surface area contributed by atoms with E-state index in [9.17, 15) is 9.59 Å². The predicted molar refractivity (Wildman–Crippen MR) is 84.7 cm³/mol. The molecule has 0 radical (unpaired) electrons. The Labute approximate surface area is 132 Å². The average molecular weight is 309 g/mol. The molecule has 0 aromatic carbocycles. The summed E-state index contributed by atoms with van der Waals surface area (Å²) in [5.74, 6) is 0.